The number of carboxylic acids is 1. The summed E-state index contributed by atoms with van der Waals surface area (Å²) < 4.78 is 9.36. The molecule has 0 aromatic rings. The third-order valence-corrected chi connectivity index (χ3v) is 1.44. The van der Waals surface area contributed by atoms with Crippen LogP contribution < -0.4 is 0 Å². The first kappa shape index (κ1) is 19.3. The van der Waals surface area contributed by atoms with E-state index < -0.39 is 14.6 Å². The van der Waals surface area contributed by atoms with Crippen molar-refractivity contribution >= 4 is 14.6 Å². The summed E-state index contributed by atoms with van der Waals surface area (Å²) in [6.07, 6.45) is 0. The molecule has 0 radical (unpaired) electrons. The van der Waals surface area contributed by atoms with Crippen molar-refractivity contribution in [2.45, 2.75) is 20.8 Å². The maximum atomic E-state index is 9.00. The molecule has 0 aromatic heterocycles. The topological polar surface area (TPSA) is 76.0 Å². The van der Waals surface area contributed by atoms with Crippen molar-refractivity contribution in [2.75, 3.05) is 13.2 Å². The van der Waals surface area contributed by atoms with E-state index in [0.717, 1.165) is 6.92 Å². The third kappa shape index (κ3) is 32.4. The van der Waals surface area contributed by atoms with Gasteiger partial charge in [0.05, 0.1) is 13.2 Å². The van der Waals surface area contributed by atoms with Gasteiger partial charge in [-0.3, -0.25) is 4.79 Å². The maximum absolute atomic E-state index is 9.00. The molecular weight excluding hydrogens is 384 g/mol. The van der Waals surface area contributed by atoms with Gasteiger partial charge in [0, 0.05) is 34.6 Å². The fourth-order valence-corrected chi connectivity index (χ4v) is 0.774. The summed E-state index contributed by atoms with van der Waals surface area (Å²) in [6.45, 7) is 5.71. The van der Waals surface area contributed by atoms with Crippen LogP contribution in [0.5, 0.6) is 0 Å². The summed E-state index contributed by atoms with van der Waals surface area (Å²) in [5.41, 5.74) is 0. The van der Waals surface area contributed by atoms with Crippen LogP contribution in [0.4, 0.5) is 0 Å². The van der Waals surface area contributed by atoms with Crippen LogP contribution in [0, 0.1) is 0 Å². The number of hydrogen-bond acceptors (Lipinski definition) is 4. The average Bonchev–Trinajstić information content (AvgIpc) is 1.87. The van der Waals surface area contributed by atoms with Gasteiger partial charge in [-0.25, -0.2) is 0 Å². The average molecular weight is 399 g/mol. The molecule has 0 atom stereocenters. The zero-order chi connectivity index (χ0) is 9.98. The van der Waals surface area contributed by atoms with E-state index in [4.69, 9.17) is 14.8 Å². The van der Waals surface area contributed by atoms with E-state index in [0.29, 0.717) is 13.2 Å². The van der Waals surface area contributed by atoms with Crippen molar-refractivity contribution in [3.05, 3.63) is 0 Å². The number of rotatable bonds is 4. The predicted molar refractivity (Wildman–Crippen MR) is 45.7 cm³/mol. The SMILES string of the molecule is CC(=O)O.CCOP(O)OCC.[Hg]. The molecule has 0 saturated heterocycles. The van der Waals surface area contributed by atoms with Crippen molar-refractivity contribution < 1.29 is 51.5 Å². The summed E-state index contributed by atoms with van der Waals surface area (Å²) in [4.78, 5) is 17.7. The van der Waals surface area contributed by atoms with Gasteiger partial charge in [0.15, 0.2) is 0 Å². The van der Waals surface area contributed by atoms with E-state index in [1.54, 1.807) is 0 Å². The monoisotopic (exact) mass is 400 g/mol. The molecule has 0 spiro atoms. The van der Waals surface area contributed by atoms with Gasteiger partial charge in [-0.1, -0.05) is 0 Å². The normalized spacial score (nSPS) is 8.38. The molecule has 0 aromatic carbocycles. The third-order valence-electron chi connectivity index (χ3n) is 0.479. The Balaban J connectivity index is -0.000000173. The smallest absolute Gasteiger partial charge is 0.329 e. The Bertz CT molecular complexity index is 103. The summed E-state index contributed by atoms with van der Waals surface area (Å²) >= 11 is 0. The molecule has 0 fully saturated rings. The maximum Gasteiger partial charge on any atom is 0.329 e. The second kappa shape index (κ2) is 15.2. The molecule has 0 heterocycles. The standard InChI is InChI=1S/C4H11O3P.C2H4O2.Hg/c1-3-6-8(5)7-4-2;1-2(3)4;/h5H,3-4H2,1-2H3;1H3,(H,3,4);. The van der Waals surface area contributed by atoms with Crippen molar-refractivity contribution in [1.29, 1.82) is 0 Å². The molecule has 5 nitrogen and oxygen atoms in total. The Kier molecular flexibility index (Phi) is 22.6. The Morgan fingerprint density at radius 1 is 1.31 bits per heavy atom. The number of hydrogen-bond donors (Lipinski definition) is 2. The molecule has 7 heteroatoms. The predicted octanol–water partition coefficient (Wildman–Crippen LogP) is 1.37. The first-order valence-corrected chi connectivity index (χ1v) is 4.61. The molecule has 2 N–H and O–H groups in total. The first-order valence-electron chi connectivity index (χ1n) is 3.48. The molecule has 0 bridgehead atoms. The van der Waals surface area contributed by atoms with E-state index in [1.165, 1.54) is 0 Å². The van der Waals surface area contributed by atoms with Crippen molar-refractivity contribution in [3.63, 3.8) is 0 Å². The van der Waals surface area contributed by atoms with Gasteiger partial charge in [-0.05, 0) is 13.8 Å². The van der Waals surface area contributed by atoms with Crippen LogP contribution in [0.2, 0.25) is 0 Å². The molecule has 0 unspecified atom stereocenters. The molecule has 0 amide bonds. The van der Waals surface area contributed by atoms with Gasteiger partial charge in [-0.15, -0.1) is 0 Å². The Morgan fingerprint density at radius 3 is 1.69 bits per heavy atom. The van der Waals surface area contributed by atoms with Gasteiger partial charge < -0.3 is 19.0 Å². The summed E-state index contributed by atoms with van der Waals surface area (Å²) in [7, 11) is -1.58. The molecule has 0 rings (SSSR count). The van der Waals surface area contributed by atoms with E-state index >= 15 is 0 Å². The van der Waals surface area contributed by atoms with E-state index in [-0.39, 0.29) is 27.7 Å². The van der Waals surface area contributed by atoms with Gasteiger partial charge in [0.1, 0.15) is 0 Å². The Morgan fingerprint density at radius 2 is 1.54 bits per heavy atom. The van der Waals surface area contributed by atoms with Crippen LogP contribution in [0.1, 0.15) is 20.8 Å². The molecule has 76 valence electrons. The van der Waals surface area contributed by atoms with Crippen molar-refractivity contribution in [2.24, 2.45) is 0 Å². The van der Waals surface area contributed by atoms with Crippen LogP contribution in [0.3, 0.4) is 0 Å². The first-order chi connectivity index (χ1) is 5.54. The van der Waals surface area contributed by atoms with E-state index in [1.807, 2.05) is 13.8 Å². The summed E-state index contributed by atoms with van der Waals surface area (Å²) in [6, 6.07) is 0. The van der Waals surface area contributed by atoms with Gasteiger partial charge >= 0.3 is 8.60 Å². The summed E-state index contributed by atoms with van der Waals surface area (Å²) in [5.74, 6) is -0.833. The van der Waals surface area contributed by atoms with Crippen LogP contribution >= 0.6 is 8.60 Å². The molecule has 13 heavy (non-hydrogen) atoms. The minimum absolute atomic E-state index is 0. The van der Waals surface area contributed by atoms with Crippen LogP contribution in [0.15, 0.2) is 0 Å². The van der Waals surface area contributed by atoms with Gasteiger partial charge in [0.2, 0.25) is 0 Å². The largest absolute Gasteiger partial charge is 0.481 e. The van der Waals surface area contributed by atoms with Crippen LogP contribution in [-0.2, 0) is 41.5 Å². The minimum Gasteiger partial charge on any atom is -0.481 e. The molecular formula is C6H15HgO5P. The van der Waals surface area contributed by atoms with Gasteiger partial charge in [0.25, 0.3) is 5.97 Å². The fourth-order valence-electron chi connectivity index (χ4n) is 0.258. The van der Waals surface area contributed by atoms with Crippen molar-refractivity contribution in [3.8, 4) is 0 Å². The molecule has 0 aliphatic heterocycles. The number of carbonyl (C=O) groups is 1. The molecule has 0 saturated carbocycles. The minimum atomic E-state index is -1.58. The zero-order valence-electron chi connectivity index (χ0n) is 8.19. The Hall–Kier alpha value is 0.715. The van der Waals surface area contributed by atoms with Gasteiger partial charge in [-0.2, -0.15) is 0 Å². The fraction of sp³-hybridized carbons (Fsp3) is 0.833. The second-order valence-corrected chi connectivity index (χ2v) is 2.58. The van der Waals surface area contributed by atoms with Crippen LogP contribution in [-0.4, -0.2) is 29.2 Å². The zero-order valence-corrected chi connectivity index (χ0v) is 14.6. The van der Waals surface area contributed by atoms with Crippen molar-refractivity contribution in [1.82, 2.24) is 0 Å². The molecule has 0 aliphatic rings. The quantitative estimate of drug-likeness (QED) is 0.552. The van der Waals surface area contributed by atoms with E-state index in [9.17, 15) is 0 Å². The van der Waals surface area contributed by atoms with Crippen LogP contribution in [0.25, 0.3) is 0 Å². The molecule has 0 aliphatic carbocycles. The second-order valence-electron chi connectivity index (χ2n) is 1.59. The number of aliphatic carboxylic acids is 1. The summed E-state index contributed by atoms with van der Waals surface area (Å²) in [5, 5.41) is 7.42. The Labute approximate surface area is 99.9 Å². The number of carboxylic acid groups (broad SMARTS) is 1. The van der Waals surface area contributed by atoms with E-state index in [2.05, 4.69) is 9.05 Å².